The number of benzene rings is 2. The number of carbonyl (C=O) groups excluding carboxylic acids is 1. The number of amides is 1. The number of rotatable bonds is 12. The van der Waals surface area contributed by atoms with Gasteiger partial charge in [0.2, 0.25) is 0 Å². The summed E-state index contributed by atoms with van der Waals surface area (Å²) in [6.07, 6.45) is 7.22. The number of aromatic amines is 1. The summed E-state index contributed by atoms with van der Waals surface area (Å²) in [5.74, 6) is 1.47. The first-order valence-electron chi connectivity index (χ1n) is 14.5. The summed E-state index contributed by atoms with van der Waals surface area (Å²) < 4.78 is 12.4. The number of fused-ring (bicyclic) bond motifs is 1. The smallest absolute Gasteiger partial charge is 0.266 e. The van der Waals surface area contributed by atoms with Crippen LogP contribution in [0.15, 0.2) is 59.6 Å². The van der Waals surface area contributed by atoms with Gasteiger partial charge in [-0.3, -0.25) is 19.6 Å². The Hall–Kier alpha value is -3.71. The van der Waals surface area contributed by atoms with Crippen LogP contribution in [0.25, 0.3) is 28.1 Å². The third-order valence-corrected chi connectivity index (χ3v) is 8.91. The number of aromatic nitrogens is 5. The van der Waals surface area contributed by atoms with Gasteiger partial charge in [-0.15, -0.1) is 10.2 Å². The molecule has 2 aromatic heterocycles. The first kappa shape index (κ1) is 29.4. The Labute approximate surface area is 259 Å². The molecule has 0 unspecified atom stereocenters. The number of nitrogens with zero attached hydrogens (tertiary/aromatic N) is 6. The quantitative estimate of drug-likeness (QED) is 0.136. The number of hydrogen-bond acceptors (Lipinski definition) is 10. The SMILES string of the molecule is O=C1/C(=C/c2ccc(OCCN3CCOCC3)c(-c3ccc4ncccc4c3)c2)SC(=S)N1CCCCCc1nn[nH]n1. The molecule has 2 aromatic carbocycles. The molecular formula is C31H33N7O3S2. The fourth-order valence-corrected chi connectivity index (χ4v) is 6.51. The molecule has 2 saturated heterocycles. The Morgan fingerprint density at radius 1 is 1.07 bits per heavy atom. The highest BCUT2D eigenvalue weighted by molar-refractivity contribution is 8.26. The van der Waals surface area contributed by atoms with Crippen molar-refractivity contribution in [2.75, 3.05) is 46.0 Å². The maximum atomic E-state index is 13.3. The van der Waals surface area contributed by atoms with Crippen LogP contribution in [0.5, 0.6) is 5.75 Å². The van der Waals surface area contributed by atoms with Crippen molar-refractivity contribution in [1.82, 2.24) is 35.4 Å². The van der Waals surface area contributed by atoms with Crippen molar-refractivity contribution in [3.63, 3.8) is 0 Å². The molecule has 0 aliphatic carbocycles. The lowest BCUT2D eigenvalue weighted by atomic mass is 9.99. The minimum absolute atomic E-state index is 0.0441. The van der Waals surface area contributed by atoms with Gasteiger partial charge < -0.3 is 9.47 Å². The number of nitrogens with one attached hydrogen (secondary N) is 1. The minimum Gasteiger partial charge on any atom is -0.492 e. The number of thioether (sulfide) groups is 1. The monoisotopic (exact) mass is 615 g/mol. The average Bonchev–Trinajstić information content (AvgIpc) is 3.65. The zero-order valence-corrected chi connectivity index (χ0v) is 25.4. The zero-order chi connectivity index (χ0) is 29.4. The highest BCUT2D eigenvalue weighted by atomic mass is 32.2. The van der Waals surface area contributed by atoms with Crippen molar-refractivity contribution in [2.45, 2.75) is 25.7 Å². The minimum atomic E-state index is -0.0441. The molecule has 10 nitrogen and oxygen atoms in total. The van der Waals surface area contributed by atoms with E-state index in [2.05, 4.69) is 54.8 Å². The fourth-order valence-electron chi connectivity index (χ4n) is 5.20. The number of carbonyl (C=O) groups is 1. The van der Waals surface area contributed by atoms with Crippen molar-refractivity contribution in [1.29, 1.82) is 0 Å². The van der Waals surface area contributed by atoms with E-state index in [1.165, 1.54) is 11.8 Å². The Balaban J connectivity index is 1.17. The van der Waals surface area contributed by atoms with Gasteiger partial charge in [-0.2, -0.15) is 5.21 Å². The lowest BCUT2D eigenvalue weighted by molar-refractivity contribution is -0.122. The fraction of sp³-hybridized carbons (Fsp3) is 0.355. The van der Waals surface area contributed by atoms with Crippen LogP contribution in [0.2, 0.25) is 0 Å². The molecule has 0 spiro atoms. The van der Waals surface area contributed by atoms with E-state index in [0.717, 1.165) is 91.9 Å². The summed E-state index contributed by atoms with van der Waals surface area (Å²) in [5.41, 5.74) is 3.86. The largest absolute Gasteiger partial charge is 0.492 e. The van der Waals surface area contributed by atoms with Crippen LogP contribution >= 0.6 is 24.0 Å². The normalized spacial score (nSPS) is 16.9. The maximum absolute atomic E-state index is 13.3. The number of morpholine rings is 1. The molecule has 4 aromatic rings. The number of unbranched alkanes of at least 4 members (excludes halogenated alkanes) is 2. The van der Waals surface area contributed by atoms with Crippen LogP contribution in [0, 0.1) is 0 Å². The van der Waals surface area contributed by atoms with Gasteiger partial charge in [0.1, 0.15) is 16.7 Å². The number of ether oxygens (including phenoxy) is 2. The Morgan fingerprint density at radius 3 is 2.84 bits per heavy atom. The molecule has 0 bridgehead atoms. The second-order valence-corrected chi connectivity index (χ2v) is 12.1. The van der Waals surface area contributed by atoms with Crippen molar-refractivity contribution in [3.05, 3.63) is 71.0 Å². The molecule has 2 aliphatic rings. The molecule has 2 fully saturated rings. The predicted molar refractivity (Wildman–Crippen MR) is 172 cm³/mol. The van der Waals surface area contributed by atoms with E-state index in [9.17, 15) is 4.79 Å². The summed E-state index contributed by atoms with van der Waals surface area (Å²) in [6.45, 7) is 5.38. The van der Waals surface area contributed by atoms with Crippen LogP contribution in [0.3, 0.4) is 0 Å². The van der Waals surface area contributed by atoms with Gasteiger partial charge >= 0.3 is 0 Å². The average molecular weight is 616 g/mol. The van der Waals surface area contributed by atoms with Gasteiger partial charge in [-0.1, -0.05) is 53.8 Å². The summed E-state index contributed by atoms with van der Waals surface area (Å²) in [4.78, 5) is 22.5. The number of thiocarbonyl (C=S) groups is 1. The molecule has 1 N–H and O–H groups in total. The molecule has 6 rings (SSSR count). The number of tetrazole rings is 1. The first-order chi connectivity index (χ1) is 21.1. The maximum Gasteiger partial charge on any atom is 0.266 e. The number of pyridine rings is 1. The van der Waals surface area contributed by atoms with E-state index in [-0.39, 0.29) is 5.91 Å². The molecule has 222 valence electrons. The predicted octanol–water partition coefficient (Wildman–Crippen LogP) is 4.74. The van der Waals surface area contributed by atoms with Gasteiger partial charge in [0.25, 0.3) is 5.91 Å². The summed E-state index contributed by atoms with van der Waals surface area (Å²) in [7, 11) is 0. The van der Waals surface area contributed by atoms with Gasteiger partial charge in [-0.05, 0) is 60.4 Å². The van der Waals surface area contributed by atoms with Crippen molar-refractivity contribution >= 4 is 51.2 Å². The molecule has 0 radical (unpaired) electrons. The lowest BCUT2D eigenvalue weighted by Gasteiger charge is -2.26. The van der Waals surface area contributed by atoms with Crippen molar-refractivity contribution < 1.29 is 14.3 Å². The molecule has 0 atom stereocenters. The van der Waals surface area contributed by atoms with E-state index in [0.29, 0.717) is 28.2 Å². The molecule has 43 heavy (non-hydrogen) atoms. The molecule has 4 heterocycles. The molecular weight excluding hydrogens is 583 g/mol. The third kappa shape index (κ3) is 7.45. The molecule has 1 amide bonds. The zero-order valence-electron chi connectivity index (χ0n) is 23.8. The standard InChI is InChI=1S/C31H33N7O3S2/c39-30-28(43-31(42)38(30)12-3-1-2-6-29-33-35-36-34-29)20-22-7-10-27(41-18-15-37-13-16-40-17-14-37)25(19-22)23-8-9-26-24(21-23)5-4-11-32-26/h4-5,7-11,19-21H,1-3,6,12-18H2,(H,33,34,35,36)/b28-20-. The number of hydrogen-bond donors (Lipinski definition) is 1. The second kappa shape index (κ2) is 14.2. The summed E-state index contributed by atoms with van der Waals surface area (Å²) in [6, 6.07) is 16.3. The molecule has 0 saturated carbocycles. The number of H-pyrrole nitrogens is 1. The second-order valence-electron chi connectivity index (χ2n) is 10.4. The highest BCUT2D eigenvalue weighted by Crippen LogP contribution is 2.36. The van der Waals surface area contributed by atoms with Gasteiger partial charge in [-0.25, -0.2) is 0 Å². The summed E-state index contributed by atoms with van der Waals surface area (Å²) in [5, 5.41) is 15.1. The van der Waals surface area contributed by atoms with Gasteiger partial charge in [0.15, 0.2) is 5.82 Å². The van der Waals surface area contributed by atoms with Gasteiger partial charge in [0.05, 0.1) is 23.6 Å². The Morgan fingerprint density at radius 2 is 1.98 bits per heavy atom. The van der Waals surface area contributed by atoms with Crippen LogP contribution in [-0.4, -0.2) is 91.6 Å². The third-order valence-electron chi connectivity index (χ3n) is 7.53. The van der Waals surface area contributed by atoms with Gasteiger partial charge in [0, 0.05) is 49.7 Å². The van der Waals surface area contributed by atoms with E-state index < -0.39 is 0 Å². The van der Waals surface area contributed by atoms with Crippen LogP contribution < -0.4 is 4.74 Å². The van der Waals surface area contributed by atoms with E-state index in [4.69, 9.17) is 21.7 Å². The van der Waals surface area contributed by atoms with E-state index in [1.54, 1.807) is 11.1 Å². The van der Waals surface area contributed by atoms with Crippen molar-refractivity contribution in [2.24, 2.45) is 0 Å². The Kier molecular flexibility index (Phi) is 9.68. The Bertz CT molecular complexity index is 1610. The molecule has 12 heteroatoms. The number of aryl methyl sites for hydroxylation is 1. The first-order valence-corrected chi connectivity index (χ1v) is 15.8. The van der Waals surface area contributed by atoms with Crippen molar-refractivity contribution in [3.8, 4) is 16.9 Å². The van der Waals surface area contributed by atoms with E-state index in [1.807, 2.05) is 30.3 Å². The summed E-state index contributed by atoms with van der Waals surface area (Å²) >= 11 is 6.94. The highest BCUT2D eigenvalue weighted by Gasteiger charge is 2.31. The van der Waals surface area contributed by atoms with Crippen LogP contribution in [0.1, 0.15) is 30.7 Å². The topological polar surface area (TPSA) is 109 Å². The lowest BCUT2D eigenvalue weighted by Crippen LogP contribution is -2.38. The van der Waals surface area contributed by atoms with Crippen LogP contribution in [0.4, 0.5) is 0 Å². The molecule has 2 aliphatic heterocycles. The van der Waals surface area contributed by atoms with E-state index >= 15 is 0 Å². The van der Waals surface area contributed by atoms with Crippen LogP contribution in [-0.2, 0) is 16.0 Å².